The Labute approximate surface area is 212 Å². The summed E-state index contributed by atoms with van der Waals surface area (Å²) in [6, 6.07) is 20.9. The molecule has 0 saturated carbocycles. The number of rotatable bonds is 4. The summed E-state index contributed by atoms with van der Waals surface area (Å²) >= 11 is 10.9. The molecule has 0 aliphatic carbocycles. The van der Waals surface area contributed by atoms with E-state index in [1.165, 1.54) is 23.5 Å². The second kappa shape index (κ2) is 9.25. The minimum Gasteiger partial charge on any atom is -0.298 e. The highest BCUT2D eigenvalue weighted by Gasteiger charge is 2.18. The van der Waals surface area contributed by atoms with E-state index in [1.54, 1.807) is 30.3 Å². The van der Waals surface area contributed by atoms with E-state index in [4.69, 9.17) is 16.6 Å². The van der Waals surface area contributed by atoms with Gasteiger partial charge in [0, 0.05) is 30.9 Å². The lowest BCUT2D eigenvalue weighted by Crippen LogP contribution is -2.13. The van der Waals surface area contributed by atoms with E-state index in [0.717, 1.165) is 25.9 Å². The molecular weight excluding hydrogens is 537 g/mol. The Morgan fingerprint density at radius 3 is 2.41 bits per heavy atom. The van der Waals surface area contributed by atoms with E-state index < -0.39 is 0 Å². The number of hydrogen-bond donors (Lipinski definition) is 1. The Balaban J connectivity index is 1.54. The molecule has 168 valence electrons. The molecule has 0 radical (unpaired) electrons. The van der Waals surface area contributed by atoms with Crippen molar-refractivity contribution in [2.45, 2.75) is 6.92 Å². The van der Waals surface area contributed by atoms with Crippen molar-refractivity contribution in [3.8, 4) is 22.5 Å². The fraction of sp³-hybridized carbons (Fsp3) is 0.0385. The molecule has 2 heterocycles. The summed E-state index contributed by atoms with van der Waals surface area (Å²) in [6.07, 6.45) is 0. The molecule has 3 aromatic carbocycles. The van der Waals surface area contributed by atoms with E-state index in [0.29, 0.717) is 32.6 Å². The Hall–Kier alpha value is -3.13. The number of amides is 1. The molecule has 0 atom stereocenters. The maximum Gasteiger partial charge on any atom is 0.258 e. The summed E-state index contributed by atoms with van der Waals surface area (Å²) in [5.74, 6) is -0.600. The number of thiazole rings is 1. The van der Waals surface area contributed by atoms with Crippen LogP contribution in [0.3, 0.4) is 0 Å². The number of pyridine rings is 1. The standard InChI is InChI=1S/C26H16BrClFN3OS/c1-14-24(16-4-9-19(29)10-5-16)31-26(34-14)32-25(33)21-13-23(15-2-7-18(28)8-3-15)30-22-11-6-17(27)12-20(21)22/h2-13H,1H3,(H,31,32,33). The number of aryl methyl sites for hydroxylation is 1. The molecular formula is C26H16BrClFN3OS. The van der Waals surface area contributed by atoms with Gasteiger partial charge in [-0.2, -0.15) is 0 Å². The first-order valence-corrected chi connectivity index (χ1v) is 12.3. The molecule has 0 saturated heterocycles. The molecule has 1 amide bonds. The first-order valence-electron chi connectivity index (χ1n) is 10.3. The molecule has 1 N–H and O–H groups in total. The predicted octanol–water partition coefficient (Wildman–Crippen LogP) is 8.14. The lowest BCUT2D eigenvalue weighted by Gasteiger charge is -2.10. The lowest BCUT2D eigenvalue weighted by atomic mass is 10.0. The Kier molecular flexibility index (Phi) is 6.16. The number of aromatic nitrogens is 2. The highest BCUT2D eigenvalue weighted by atomic mass is 79.9. The van der Waals surface area contributed by atoms with Crippen molar-refractivity contribution < 1.29 is 9.18 Å². The third-order valence-electron chi connectivity index (χ3n) is 5.29. The van der Waals surface area contributed by atoms with E-state index in [1.807, 2.05) is 37.3 Å². The molecule has 0 aliphatic heterocycles. The maximum atomic E-state index is 13.4. The molecule has 5 aromatic rings. The zero-order valence-electron chi connectivity index (χ0n) is 17.8. The number of anilines is 1. The van der Waals surface area contributed by atoms with Crippen LogP contribution in [0.25, 0.3) is 33.4 Å². The minimum absolute atomic E-state index is 0.292. The number of carbonyl (C=O) groups is 1. The van der Waals surface area contributed by atoms with Crippen LogP contribution in [-0.4, -0.2) is 15.9 Å². The summed E-state index contributed by atoms with van der Waals surface area (Å²) in [5.41, 5.74) is 4.20. The van der Waals surface area contributed by atoms with Gasteiger partial charge in [-0.25, -0.2) is 14.4 Å². The van der Waals surface area contributed by atoms with Gasteiger partial charge in [0.05, 0.1) is 22.5 Å². The van der Waals surface area contributed by atoms with Gasteiger partial charge in [-0.3, -0.25) is 10.1 Å². The molecule has 8 heteroatoms. The summed E-state index contributed by atoms with van der Waals surface area (Å²) in [7, 11) is 0. The number of carbonyl (C=O) groups excluding carboxylic acids is 1. The topological polar surface area (TPSA) is 54.9 Å². The van der Waals surface area contributed by atoms with Crippen molar-refractivity contribution in [2.24, 2.45) is 0 Å². The summed E-state index contributed by atoms with van der Waals surface area (Å²) in [5, 5.41) is 4.74. The Morgan fingerprint density at radius 2 is 1.68 bits per heavy atom. The molecule has 5 rings (SSSR count). The van der Waals surface area contributed by atoms with Gasteiger partial charge in [-0.05, 0) is 67.6 Å². The number of benzene rings is 3. The predicted molar refractivity (Wildman–Crippen MR) is 140 cm³/mol. The first-order chi connectivity index (χ1) is 16.4. The van der Waals surface area contributed by atoms with Crippen LogP contribution in [0.2, 0.25) is 5.02 Å². The smallest absolute Gasteiger partial charge is 0.258 e. The van der Waals surface area contributed by atoms with E-state index >= 15 is 0 Å². The minimum atomic E-state index is -0.308. The summed E-state index contributed by atoms with van der Waals surface area (Å²) in [4.78, 5) is 23.7. The first kappa shape index (κ1) is 22.7. The van der Waals surface area contributed by atoms with Gasteiger partial charge in [-0.1, -0.05) is 39.7 Å². The third-order valence-corrected chi connectivity index (χ3v) is 6.92. The van der Waals surface area contributed by atoms with Crippen molar-refractivity contribution >= 4 is 60.8 Å². The average molecular weight is 553 g/mol. The van der Waals surface area contributed by atoms with Gasteiger partial charge in [0.25, 0.3) is 5.91 Å². The van der Waals surface area contributed by atoms with Gasteiger partial charge in [0.1, 0.15) is 5.82 Å². The molecule has 4 nitrogen and oxygen atoms in total. The van der Waals surface area contributed by atoms with Crippen LogP contribution < -0.4 is 5.32 Å². The van der Waals surface area contributed by atoms with Gasteiger partial charge in [0.2, 0.25) is 0 Å². The molecule has 0 fully saturated rings. The molecule has 0 unspecified atom stereocenters. The average Bonchev–Trinajstić information content (AvgIpc) is 3.19. The van der Waals surface area contributed by atoms with Crippen LogP contribution >= 0.6 is 38.9 Å². The monoisotopic (exact) mass is 551 g/mol. The maximum absolute atomic E-state index is 13.4. The highest BCUT2D eigenvalue weighted by molar-refractivity contribution is 9.10. The molecule has 0 spiro atoms. The van der Waals surface area contributed by atoms with Gasteiger partial charge in [0.15, 0.2) is 5.13 Å². The number of halogens is 3. The fourth-order valence-corrected chi connectivity index (χ4v) is 4.96. The summed E-state index contributed by atoms with van der Waals surface area (Å²) in [6.45, 7) is 1.92. The van der Waals surface area contributed by atoms with Crippen molar-refractivity contribution in [1.82, 2.24) is 9.97 Å². The molecule has 2 aromatic heterocycles. The van der Waals surface area contributed by atoms with Crippen LogP contribution in [0, 0.1) is 12.7 Å². The highest BCUT2D eigenvalue weighted by Crippen LogP contribution is 2.32. The summed E-state index contributed by atoms with van der Waals surface area (Å²) < 4.78 is 14.2. The number of nitrogens with one attached hydrogen (secondary N) is 1. The van der Waals surface area contributed by atoms with Gasteiger partial charge >= 0.3 is 0 Å². The molecule has 0 aliphatic rings. The number of nitrogens with zero attached hydrogens (tertiary/aromatic N) is 2. The van der Waals surface area contributed by atoms with Crippen molar-refractivity contribution in [3.05, 3.63) is 98.5 Å². The van der Waals surface area contributed by atoms with Crippen molar-refractivity contribution in [1.29, 1.82) is 0 Å². The van der Waals surface area contributed by atoms with E-state index in [-0.39, 0.29) is 11.7 Å². The van der Waals surface area contributed by atoms with E-state index in [2.05, 4.69) is 26.2 Å². The second-order valence-electron chi connectivity index (χ2n) is 7.61. The van der Waals surface area contributed by atoms with Gasteiger partial charge in [-0.15, -0.1) is 11.3 Å². The Bertz CT molecular complexity index is 1540. The zero-order valence-corrected chi connectivity index (χ0v) is 20.9. The van der Waals surface area contributed by atoms with E-state index in [9.17, 15) is 9.18 Å². The largest absolute Gasteiger partial charge is 0.298 e. The lowest BCUT2D eigenvalue weighted by molar-refractivity contribution is 0.102. The van der Waals surface area contributed by atoms with Gasteiger partial charge < -0.3 is 0 Å². The number of hydrogen-bond acceptors (Lipinski definition) is 4. The van der Waals surface area contributed by atoms with Crippen LogP contribution in [0.1, 0.15) is 15.2 Å². The Morgan fingerprint density at radius 1 is 0.971 bits per heavy atom. The molecule has 34 heavy (non-hydrogen) atoms. The van der Waals surface area contributed by atoms with Crippen molar-refractivity contribution in [3.63, 3.8) is 0 Å². The van der Waals surface area contributed by atoms with Crippen molar-refractivity contribution in [2.75, 3.05) is 5.32 Å². The fourth-order valence-electron chi connectivity index (χ4n) is 3.64. The zero-order chi connectivity index (χ0) is 23.8. The van der Waals surface area contributed by atoms with Crippen LogP contribution in [-0.2, 0) is 0 Å². The normalized spacial score (nSPS) is 11.1. The van der Waals surface area contributed by atoms with Crippen LogP contribution in [0.5, 0.6) is 0 Å². The SMILES string of the molecule is Cc1sc(NC(=O)c2cc(-c3ccc(Cl)cc3)nc3ccc(Br)cc23)nc1-c1ccc(F)cc1. The second-order valence-corrected chi connectivity index (χ2v) is 10.2. The molecule has 0 bridgehead atoms. The van der Waals surface area contributed by atoms with Crippen LogP contribution in [0.4, 0.5) is 9.52 Å². The quantitative estimate of drug-likeness (QED) is 0.245. The third kappa shape index (κ3) is 4.59. The van der Waals surface area contributed by atoms with Crippen LogP contribution in [0.15, 0.2) is 77.3 Å². The number of fused-ring (bicyclic) bond motifs is 1.